The van der Waals surface area contributed by atoms with E-state index in [1.807, 2.05) is 0 Å². The molecule has 1 aromatic rings. The Balaban J connectivity index is 2.85. The Morgan fingerprint density at radius 1 is 0.857 bits per heavy atom. The fourth-order valence-corrected chi connectivity index (χ4v) is 4.26. The Labute approximate surface area is 160 Å². The van der Waals surface area contributed by atoms with Crippen LogP contribution in [0.25, 0.3) is 0 Å². The van der Waals surface area contributed by atoms with Crippen molar-refractivity contribution < 1.29 is 24.0 Å². The monoisotopic (exact) mass is 390 g/mol. The van der Waals surface area contributed by atoms with Crippen LogP contribution in [-0.4, -0.2) is 46.6 Å². The quantitative estimate of drug-likeness (QED) is 0.326. The van der Waals surface area contributed by atoms with Gasteiger partial charge in [-0.25, -0.2) is 4.79 Å². The molecule has 1 saturated heterocycles. The number of urea groups is 1. The lowest BCUT2D eigenvalue weighted by Gasteiger charge is -2.54. The number of carbonyl (C=O) groups excluding carboxylic acids is 5. The molecule has 10 N–H and O–H groups in total. The second-order valence-electron chi connectivity index (χ2n) is 6.64. The molecule has 6 amide bonds. The van der Waals surface area contributed by atoms with Crippen molar-refractivity contribution in [3.63, 3.8) is 0 Å². The Morgan fingerprint density at radius 3 is 1.75 bits per heavy atom. The molecule has 150 valence electrons. The van der Waals surface area contributed by atoms with Crippen LogP contribution in [0.15, 0.2) is 30.3 Å². The van der Waals surface area contributed by atoms with Gasteiger partial charge in [-0.2, -0.15) is 0 Å². The number of benzene rings is 1. The van der Waals surface area contributed by atoms with Crippen LogP contribution in [0, 0.1) is 11.3 Å². The van der Waals surface area contributed by atoms with E-state index in [9.17, 15) is 24.0 Å². The minimum atomic E-state index is -2.94. The van der Waals surface area contributed by atoms with Gasteiger partial charge in [0.1, 0.15) is 0 Å². The van der Waals surface area contributed by atoms with Gasteiger partial charge in [-0.05, 0) is 24.3 Å². The van der Waals surface area contributed by atoms with E-state index in [0.29, 0.717) is 10.5 Å². The van der Waals surface area contributed by atoms with Gasteiger partial charge in [-0.1, -0.05) is 30.3 Å². The van der Waals surface area contributed by atoms with Gasteiger partial charge in [0.15, 0.2) is 5.41 Å². The summed E-state index contributed by atoms with van der Waals surface area (Å²) in [4.78, 5) is 62.8. The number of nitrogens with zero attached hydrogens (tertiary/aromatic N) is 1. The highest BCUT2D eigenvalue weighted by Crippen LogP contribution is 2.49. The number of likely N-dealkylation sites (tertiary alicyclic amines) is 1. The smallest absolute Gasteiger partial charge is 0.316 e. The summed E-state index contributed by atoms with van der Waals surface area (Å²) >= 11 is 0. The van der Waals surface area contributed by atoms with Crippen molar-refractivity contribution in [1.82, 2.24) is 4.90 Å². The molecule has 0 bridgehead atoms. The summed E-state index contributed by atoms with van der Waals surface area (Å²) in [5.41, 5.74) is 22.3. The van der Waals surface area contributed by atoms with Crippen molar-refractivity contribution in [2.75, 3.05) is 6.54 Å². The Bertz CT molecular complexity index is 812. The molecule has 1 atom stereocenters. The largest absolute Gasteiger partial charge is 0.369 e. The molecule has 1 unspecified atom stereocenters. The maximum Gasteiger partial charge on any atom is 0.316 e. The first-order valence-electron chi connectivity index (χ1n) is 8.35. The lowest BCUT2D eigenvalue weighted by Crippen LogP contribution is -2.83. The Hall–Kier alpha value is -3.63. The lowest BCUT2D eigenvalue weighted by molar-refractivity contribution is -0.176. The minimum absolute atomic E-state index is 0.00791. The molecule has 11 nitrogen and oxygen atoms in total. The molecule has 0 saturated carbocycles. The van der Waals surface area contributed by atoms with Gasteiger partial charge in [0.25, 0.3) is 11.8 Å². The van der Waals surface area contributed by atoms with Crippen LogP contribution in [0.4, 0.5) is 4.79 Å². The van der Waals surface area contributed by atoms with Crippen LogP contribution in [0.1, 0.15) is 12.0 Å². The summed E-state index contributed by atoms with van der Waals surface area (Å²) < 4.78 is 0. The van der Waals surface area contributed by atoms with E-state index in [4.69, 9.17) is 28.7 Å². The number of piperidine rings is 1. The number of rotatable bonds is 6. The summed E-state index contributed by atoms with van der Waals surface area (Å²) in [6.45, 7) is -0.263. The molecule has 0 radical (unpaired) electrons. The van der Waals surface area contributed by atoms with E-state index < -0.39 is 46.5 Å². The van der Waals surface area contributed by atoms with Crippen molar-refractivity contribution >= 4 is 29.7 Å². The zero-order valence-electron chi connectivity index (χ0n) is 15.0. The molecule has 1 aliphatic heterocycles. The fourth-order valence-electron chi connectivity index (χ4n) is 4.26. The van der Waals surface area contributed by atoms with Gasteiger partial charge >= 0.3 is 6.03 Å². The highest BCUT2D eigenvalue weighted by molar-refractivity contribution is 6.23. The third-order valence-corrected chi connectivity index (χ3v) is 5.37. The molecular weight excluding hydrogens is 368 g/mol. The molecule has 1 aromatic carbocycles. The number of amides is 6. The van der Waals surface area contributed by atoms with Gasteiger partial charge < -0.3 is 33.6 Å². The standard InChI is InChI=1S/C17H22N6O5/c18-11(24)16(12(19)25)10(8-9-4-2-1-3-5-9)6-7-23(15(22)28)17(16,13(20)26)14(21)27/h1-5,10H,6-8H2,(H2,18,24)(H2,19,25)(H2,20,26)(H2,21,27)(H2,22,28). The molecule has 0 spiro atoms. The predicted octanol–water partition coefficient (Wildman–Crippen LogP) is -2.70. The normalized spacial score (nSPS) is 20.1. The summed E-state index contributed by atoms with van der Waals surface area (Å²) in [5, 5.41) is 0. The van der Waals surface area contributed by atoms with Gasteiger partial charge in [0.05, 0.1) is 0 Å². The van der Waals surface area contributed by atoms with E-state index in [1.165, 1.54) is 0 Å². The van der Waals surface area contributed by atoms with Crippen molar-refractivity contribution in [3.05, 3.63) is 35.9 Å². The molecular formula is C17H22N6O5. The van der Waals surface area contributed by atoms with Gasteiger partial charge in [-0.3, -0.25) is 19.2 Å². The molecule has 1 fully saturated rings. The summed E-state index contributed by atoms with van der Waals surface area (Å²) in [6.07, 6.45) is 0.0354. The number of nitrogens with two attached hydrogens (primary N) is 5. The number of carbonyl (C=O) groups is 5. The summed E-state index contributed by atoms with van der Waals surface area (Å²) in [5.74, 6) is -6.88. The van der Waals surface area contributed by atoms with Gasteiger partial charge in [0.2, 0.25) is 17.4 Å². The first-order chi connectivity index (χ1) is 13.0. The second kappa shape index (κ2) is 7.18. The number of hydrogen-bond donors (Lipinski definition) is 5. The zero-order valence-corrected chi connectivity index (χ0v) is 15.0. The molecule has 0 aromatic heterocycles. The van der Waals surface area contributed by atoms with Gasteiger partial charge in [-0.15, -0.1) is 0 Å². The van der Waals surface area contributed by atoms with Crippen LogP contribution in [0.2, 0.25) is 0 Å². The summed E-state index contributed by atoms with van der Waals surface area (Å²) in [7, 11) is 0. The van der Waals surface area contributed by atoms with Crippen LogP contribution in [0.3, 0.4) is 0 Å². The summed E-state index contributed by atoms with van der Waals surface area (Å²) in [6, 6.07) is 7.35. The molecule has 28 heavy (non-hydrogen) atoms. The van der Waals surface area contributed by atoms with Crippen molar-refractivity contribution in [2.45, 2.75) is 18.4 Å². The van der Waals surface area contributed by atoms with Crippen molar-refractivity contribution in [1.29, 1.82) is 0 Å². The third-order valence-electron chi connectivity index (χ3n) is 5.37. The zero-order chi connectivity index (χ0) is 21.3. The first kappa shape index (κ1) is 20.7. The maximum absolute atomic E-state index is 12.6. The van der Waals surface area contributed by atoms with Gasteiger partial charge in [0, 0.05) is 6.54 Å². The minimum Gasteiger partial charge on any atom is -0.369 e. The van der Waals surface area contributed by atoms with Crippen molar-refractivity contribution in [3.8, 4) is 0 Å². The predicted molar refractivity (Wildman–Crippen MR) is 96.5 cm³/mol. The SMILES string of the molecule is NC(=O)N1CCC(Cc2ccccc2)C(C(N)=O)(C(N)=O)C1(C(N)=O)C(N)=O. The van der Waals surface area contributed by atoms with Crippen LogP contribution in [0.5, 0.6) is 0 Å². The molecule has 1 aliphatic rings. The average molecular weight is 390 g/mol. The third kappa shape index (κ3) is 2.63. The van der Waals surface area contributed by atoms with E-state index in [0.717, 1.165) is 0 Å². The maximum atomic E-state index is 12.6. The van der Waals surface area contributed by atoms with Crippen LogP contribution in [-0.2, 0) is 25.6 Å². The molecule has 0 aliphatic carbocycles. The molecule has 1 heterocycles. The topological polar surface area (TPSA) is 219 Å². The van der Waals surface area contributed by atoms with Crippen molar-refractivity contribution in [2.24, 2.45) is 40.0 Å². The molecule has 2 rings (SSSR count). The Kier molecular flexibility index (Phi) is 5.30. The number of primary amides is 5. The first-order valence-corrected chi connectivity index (χ1v) is 8.35. The highest BCUT2D eigenvalue weighted by atomic mass is 16.2. The second-order valence-corrected chi connectivity index (χ2v) is 6.64. The molecule has 11 heteroatoms. The van der Waals surface area contributed by atoms with E-state index >= 15 is 0 Å². The van der Waals surface area contributed by atoms with Crippen LogP contribution >= 0.6 is 0 Å². The highest BCUT2D eigenvalue weighted by Gasteiger charge is 2.75. The lowest BCUT2D eigenvalue weighted by atomic mass is 9.54. The number of hydrogen-bond acceptors (Lipinski definition) is 5. The van der Waals surface area contributed by atoms with E-state index in [-0.39, 0.29) is 19.4 Å². The Morgan fingerprint density at radius 2 is 1.36 bits per heavy atom. The van der Waals surface area contributed by atoms with E-state index in [2.05, 4.69) is 0 Å². The fraction of sp³-hybridized carbons (Fsp3) is 0.353. The van der Waals surface area contributed by atoms with Crippen LogP contribution < -0.4 is 28.7 Å². The average Bonchev–Trinajstić information content (AvgIpc) is 2.60. The van der Waals surface area contributed by atoms with E-state index in [1.54, 1.807) is 30.3 Å².